The number of carbonyl (C=O) groups is 1. The number of para-hydroxylation sites is 2. The third-order valence-electron chi connectivity index (χ3n) is 9.16. The number of hydrogen-bond donors (Lipinski definition) is 1. The molecule has 5 aromatic rings. The highest BCUT2D eigenvalue weighted by molar-refractivity contribution is 6.31. The molecule has 2 aromatic heterocycles. The van der Waals surface area contributed by atoms with E-state index in [1.165, 1.54) is 16.5 Å². The minimum absolute atomic E-state index is 0.0279. The maximum Gasteiger partial charge on any atom is 0.170 e. The van der Waals surface area contributed by atoms with Crippen molar-refractivity contribution >= 4 is 49.4 Å². The first-order valence-corrected chi connectivity index (χ1v) is 13.3. The minimum Gasteiger partial charge on any atom is -0.375 e. The van der Waals surface area contributed by atoms with E-state index in [1.807, 2.05) is 7.05 Å². The van der Waals surface area contributed by atoms with Crippen molar-refractivity contribution in [2.45, 2.75) is 57.0 Å². The van der Waals surface area contributed by atoms with Crippen molar-refractivity contribution in [1.82, 2.24) is 14.5 Å². The molecular formula is C31H33N3O3. The Morgan fingerprint density at radius 3 is 2.30 bits per heavy atom. The maximum atomic E-state index is 13.5. The molecule has 37 heavy (non-hydrogen) atoms. The van der Waals surface area contributed by atoms with Crippen LogP contribution in [-0.2, 0) is 21.6 Å². The fourth-order valence-corrected chi connectivity index (χ4v) is 7.59. The van der Waals surface area contributed by atoms with Crippen LogP contribution in [-0.4, -0.2) is 48.3 Å². The normalized spacial score (nSPS) is 25.9. The van der Waals surface area contributed by atoms with Gasteiger partial charge in [0.15, 0.2) is 11.5 Å². The zero-order chi connectivity index (χ0) is 25.6. The lowest BCUT2D eigenvalue weighted by molar-refractivity contribution is -0.165. The van der Waals surface area contributed by atoms with Gasteiger partial charge in [-0.05, 0) is 51.4 Å². The Hall–Kier alpha value is -3.19. The summed E-state index contributed by atoms with van der Waals surface area (Å²) in [6.45, 7) is 4.43. The van der Waals surface area contributed by atoms with Gasteiger partial charge in [-0.15, -0.1) is 0 Å². The summed E-state index contributed by atoms with van der Waals surface area (Å²) >= 11 is 0. The van der Waals surface area contributed by atoms with Gasteiger partial charge in [-0.2, -0.15) is 0 Å². The molecule has 0 saturated carbocycles. The van der Waals surface area contributed by atoms with Crippen molar-refractivity contribution in [3.05, 3.63) is 59.7 Å². The van der Waals surface area contributed by atoms with Gasteiger partial charge in [0, 0.05) is 65.3 Å². The number of ketones is 1. The number of rotatable bonds is 3. The molecule has 1 N–H and O–H groups in total. The highest BCUT2D eigenvalue weighted by Gasteiger charge is 2.46. The van der Waals surface area contributed by atoms with Crippen molar-refractivity contribution in [3.63, 3.8) is 0 Å². The van der Waals surface area contributed by atoms with Crippen molar-refractivity contribution in [3.8, 4) is 0 Å². The molecule has 3 aromatic carbocycles. The lowest BCUT2D eigenvalue weighted by Crippen LogP contribution is -2.55. The average molecular weight is 496 g/mol. The predicted molar refractivity (Wildman–Crippen MR) is 149 cm³/mol. The fourth-order valence-electron chi connectivity index (χ4n) is 7.59. The molecule has 7 rings (SSSR count). The van der Waals surface area contributed by atoms with Gasteiger partial charge in [0.05, 0.1) is 16.6 Å². The Labute approximate surface area is 216 Å². The predicted octanol–water partition coefficient (Wildman–Crippen LogP) is 5.92. The molecule has 0 amide bonds. The van der Waals surface area contributed by atoms with Gasteiger partial charge in [0.1, 0.15) is 6.10 Å². The first kappa shape index (κ1) is 23.0. The van der Waals surface area contributed by atoms with Crippen molar-refractivity contribution in [1.29, 1.82) is 0 Å². The second-order valence-electron chi connectivity index (χ2n) is 10.9. The number of carbonyl (C=O) groups excluding carboxylic acids is 1. The molecule has 6 nitrogen and oxygen atoms in total. The van der Waals surface area contributed by atoms with E-state index in [2.05, 4.69) is 76.8 Å². The van der Waals surface area contributed by atoms with Gasteiger partial charge in [-0.1, -0.05) is 36.4 Å². The molecule has 0 spiro atoms. The number of likely N-dealkylation sites (N-methyl/N-ethyl adjacent to an activating group) is 1. The van der Waals surface area contributed by atoms with Crippen molar-refractivity contribution in [2.24, 2.45) is 0 Å². The molecule has 3 heterocycles. The molecule has 0 bridgehead atoms. The number of methoxy groups -OCH3 is 2. The summed E-state index contributed by atoms with van der Waals surface area (Å²) < 4.78 is 17.6. The zero-order valence-corrected chi connectivity index (χ0v) is 22.1. The number of ether oxygens (including phenoxy) is 2. The van der Waals surface area contributed by atoms with Crippen LogP contribution < -0.4 is 5.32 Å². The Bertz CT molecular complexity index is 1750. The summed E-state index contributed by atoms with van der Waals surface area (Å²) in [6, 6.07) is 17.3. The monoisotopic (exact) mass is 495 g/mol. The van der Waals surface area contributed by atoms with Gasteiger partial charge in [0.25, 0.3) is 0 Å². The number of Topliss-reactive ketones (excluding diaryl/α,β-unsaturated/α-hetero) is 1. The van der Waals surface area contributed by atoms with Gasteiger partial charge in [0.2, 0.25) is 0 Å². The van der Waals surface area contributed by atoms with E-state index < -0.39 is 5.72 Å². The standard InChI is InChI=1S/C31H33N3O3/c1-17-16-21(32-3)30(36-4)31(2,37-5)34-23-13-9-7-11-19(23)25-20-14-15-24(35)26(20)27-18-10-6-8-12-22(18)33(17)28(27)29(25)34/h6-13,17,21,30,32H,14-16H2,1-5H3/t17-,21-,30-,31-/m0/s1. The van der Waals surface area contributed by atoms with E-state index in [4.69, 9.17) is 9.47 Å². The lowest BCUT2D eigenvalue weighted by Gasteiger charge is -2.42. The SMILES string of the molecule is CN[C@H]1C[C@H](C)n2c3ccccc3c3c4c(c5c6ccccc6n(c5c32)[C@@](C)(OC)[C@H]1OC)CCC4=O. The Morgan fingerprint density at radius 2 is 1.62 bits per heavy atom. The van der Waals surface area contributed by atoms with Crippen LogP contribution in [0.2, 0.25) is 0 Å². The third kappa shape index (κ3) is 2.73. The van der Waals surface area contributed by atoms with Gasteiger partial charge >= 0.3 is 0 Å². The third-order valence-corrected chi connectivity index (χ3v) is 9.16. The molecule has 6 heteroatoms. The highest BCUT2D eigenvalue weighted by atomic mass is 16.6. The Morgan fingerprint density at radius 1 is 0.946 bits per heavy atom. The highest BCUT2D eigenvalue weighted by Crippen LogP contribution is 2.50. The summed E-state index contributed by atoms with van der Waals surface area (Å²) in [6.07, 6.45) is 1.91. The molecule has 2 aliphatic rings. The second kappa shape index (κ2) is 7.90. The Balaban J connectivity index is 1.85. The summed E-state index contributed by atoms with van der Waals surface area (Å²) in [5, 5.41) is 8.14. The zero-order valence-electron chi connectivity index (χ0n) is 22.1. The van der Waals surface area contributed by atoms with Crippen molar-refractivity contribution < 1.29 is 14.3 Å². The lowest BCUT2D eigenvalue weighted by atomic mass is 9.94. The maximum absolute atomic E-state index is 13.5. The summed E-state index contributed by atoms with van der Waals surface area (Å²) in [7, 11) is 5.57. The minimum atomic E-state index is -0.807. The molecule has 0 fully saturated rings. The van der Waals surface area contributed by atoms with E-state index in [-0.39, 0.29) is 24.0 Å². The molecule has 0 unspecified atom stereocenters. The first-order valence-electron chi connectivity index (χ1n) is 13.3. The quantitative estimate of drug-likeness (QED) is 0.338. The number of nitrogens with zero attached hydrogens (tertiary/aromatic N) is 2. The molecule has 0 radical (unpaired) electrons. The van der Waals surface area contributed by atoms with Crippen LogP contribution in [0.3, 0.4) is 0 Å². The van der Waals surface area contributed by atoms with Crippen LogP contribution in [0.1, 0.15) is 48.7 Å². The van der Waals surface area contributed by atoms with Crippen LogP contribution in [0, 0.1) is 0 Å². The van der Waals surface area contributed by atoms with Gasteiger partial charge in [-0.25, -0.2) is 0 Å². The molecular weight excluding hydrogens is 462 g/mol. The van der Waals surface area contributed by atoms with E-state index in [0.29, 0.717) is 6.42 Å². The molecule has 1 aliphatic heterocycles. The first-order chi connectivity index (χ1) is 18.0. The molecule has 4 atom stereocenters. The van der Waals surface area contributed by atoms with Crippen LogP contribution in [0.15, 0.2) is 48.5 Å². The molecule has 0 saturated heterocycles. The van der Waals surface area contributed by atoms with Gasteiger partial charge < -0.3 is 23.9 Å². The van der Waals surface area contributed by atoms with E-state index in [0.717, 1.165) is 51.1 Å². The number of hydrogen-bond acceptors (Lipinski definition) is 4. The van der Waals surface area contributed by atoms with E-state index in [1.54, 1.807) is 14.2 Å². The number of fused-ring (bicyclic) bond motifs is 9. The summed E-state index contributed by atoms with van der Waals surface area (Å²) in [5.74, 6) is 0.251. The van der Waals surface area contributed by atoms with E-state index in [9.17, 15) is 4.79 Å². The number of nitrogens with one attached hydrogen (secondary N) is 1. The molecule has 190 valence electrons. The van der Waals surface area contributed by atoms with Crippen molar-refractivity contribution in [2.75, 3.05) is 21.3 Å². The van der Waals surface area contributed by atoms with Gasteiger partial charge in [-0.3, -0.25) is 4.79 Å². The topological polar surface area (TPSA) is 57.4 Å². The largest absolute Gasteiger partial charge is 0.375 e. The number of aryl methyl sites for hydroxylation is 1. The smallest absolute Gasteiger partial charge is 0.170 e. The average Bonchev–Trinajstić information content (AvgIpc) is 3.57. The summed E-state index contributed by atoms with van der Waals surface area (Å²) in [5.41, 5.74) is 5.81. The summed E-state index contributed by atoms with van der Waals surface area (Å²) in [4.78, 5) is 13.5. The van der Waals surface area contributed by atoms with Crippen LogP contribution in [0.5, 0.6) is 0 Å². The fraction of sp³-hybridized carbons (Fsp3) is 0.387. The Kier molecular flexibility index (Phi) is 4.91. The van der Waals surface area contributed by atoms with Crippen LogP contribution in [0.4, 0.5) is 0 Å². The van der Waals surface area contributed by atoms with Crippen LogP contribution in [0.25, 0.3) is 43.6 Å². The van der Waals surface area contributed by atoms with Crippen LogP contribution >= 0.6 is 0 Å². The number of aromatic nitrogens is 2. The van der Waals surface area contributed by atoms with E-state index >= 15 is 0 Å². The number of benzene rings is 3. The molecule has 1 aliphatic carbocycles. The second-order valence-corrected chi connectivity index (χ2v) is 10.9.